The Balaban J connectivity index is 1.85. The van der Waals surface area contributed by atoms with Gasteiger partial charge in [0.1, 0.15) is 5.60 Å². The monoisotopic (exact) mass is 250 g/mol. The summed E-state index contributed by atoms with van der Waals surface area (Å²) < 4.78 is 18.5. The van der Waals surface area contributed by atoms with Crippen LogP contribution >= 0.6 is 0 Å². The molecule has 1 spiro atoms. The minimum absolute atomic E-state index is 0.188. The number of hydrogen-bond donors (Lipinski definition) is 0. The molecule has 100 valence electrons. The van der Waals surface area contributed by atoms with Crippen molar-refractivity contribution in [2.45, 2.75) is 64.1 Å². The van der Waals surface area contributed by atoms with E-state index in [0.29, 0.717) is 17.8 Å². The Bertz CT molecular complexity index is 418. The van der Waals surface area contributed by atoms with Crippen molar-refractivity contribution < 1.29 is 14.2 Å². The molecular formula is C15H22O3. The van der Waals surface area contributed by atoms with Gasteiger partial charge in [0.2, 0.25) is 6.29 Å². The molecule has 0 radical (unpaired) electrons. The van der Waals surface area contributed by atoms with Crippen LogP contribution in [-0.2, 0) is 14.2 Å². The Labute approximate surface area is 108 Å². The molecule has 3 nitrogen and oxygen atoms in total. The van der Waals surface area contributed by atoms with Crippen molar-refractivity contribution in [2.24, 2.45) is 17.8 Å². The second kappa shape index (κ2) is 3.31. The van der Waals surface area contributed by atoms with Gasteiger partial charge >= 0.3 is 0 Å². The zero-order chi connectivity index (χ0) is 12.5. The van der Waals surface area contributed by atoms with Gasteiger partial charge in [-0.2, -0.15) is 0 Å². The maximum absolute atomic E-state index is 6.50. The lowest BCUT2D eigenvalue weighted by atomic mass is 9.59. The zero-order valence-electron chi connectivity index (χ0n) is 11.4. The molecule has 1 aliphatic carbocycles. The summed E-state index contributed by atoms with van der Waals surface area (Å²) >= 11 is 0. The second-order valence-electron chi connectivity index (χ2n) is 6.79. The van der Waals surface area contributed by atoms with Crippen LogP contribution < -0.4 is 0 Å². The van der Waals surface area contributed by atoms with Crippen LogP contribution in [0.2, 0.25) is 0 Å². The smallest absolute Gasteiger partial charge is 0.231 e. The van der Waals surface area contributed by atoms with Gasteiger partial charge in [0.15, 0.2) is 5.79 Å². The number of hydrogen-bond acceptors (Lipinski definition) is 3. The summed E-state index contributed by atoms with van der Waals surface area (Å²) in [5, 5.41) is 0. The third-order valence-corrected chi connectivity index (χ3v) is 5.68. The number of rotatable bonds is 0. The van der Waals surface area contributed by atoms with Gasteiger partial charge in [-0.1, -0.05) is 6.92 Å². The van der Waals surface area contributed by atoms with Crippen LogP contribution in [0.3, 0.4) is 0 Å². The highest BCUT2D eigenvalue weighted by Crippen LogP contribution is 2.62. The van der Waals surface area contributed by atoms with E-state index in [0.717, 1.165) is 6.42 Å². The van der Waals surface area contributed by atoms with E-state index in [9.17, 15) is 0 Å². The summed E-state index contributed by atoms with van der Waals surface area (Å²) in [6.07, 6.45) is 6.43. The fourth-order valence-corrected chi connectivity index (χ4v) is 4.82. The second-order valence-corrected chi connectivity index (χ2v) is 6.79. The van der Waals surface area contributed by atoms with Crippen LogP contribution in [0.5, 0.6) is 0 Å². The summed E-state index contributed by atoms with van der Waals surface area (Å²) in [4.78, 5) is 0. The lowest BCUT2D eigenvalue weighted by molar-refractivity contribution is -0.242. The molecular weight excluding hydrogens is 228 g/mol. The summed E-state index contributed by atoms with van der Waals surface area (Å²) in [5.74, 6) is 1.36. The molecule has 0 aromatic rings. The van der Waals surface area contributed by atoms with Crippen molar-refractivity contribution in [3.05, 3.63) is 11.8 Å². The minimum atomic E-state index is -0.422. The molecule has 4 rings (SSSR count). The van der Waals surface area contributed by atoms with Crippen LogP contribution in [0, 0.1) is 17.8 Å². The molecule has 0 N–H and O–H groups in total. The maximum Gasteiger partial charge on any atom is 0.231 e. The first-order valence-electron chi connectivity index (χ1n) is 7.25. The van der Waals surface area contributed by atoms with Crippen LogP contribution in [0.4, 0.5) is 0 Å². The Morgan fingerprint density at radius 3 is 2.94 bits per heavy atom. The van der Waals surface area contributed by atoms with Gasteiger partial charge in [-0.05, 0) is 50.5 Å². The average Bonchev–Trinajstić information content (AvgIpc) is 2.55. The Hall–Kier alpha value is -0.540. The van der Waals surface area contributed by atoms with E-state index in [1.807, 2.05) is 6.26 Å². The van der Waals surface area contributed by atoms with Crippen LogP contribution in [-0.4, -0.2) is 17.7 Å². The van der Waals surface area contributed by atoms with Gasteiger partial charge in [-0.25, -0.2) is 0 Å². The normalized spacial score (nSPS) is 57.6. The molecule has 3 heterocycles. The molecule has 4 aliphatic rings. The van der Waals surface area contributed by atoms with E-state index >= 15 is 0 Å². The number of fused-ring (bicyclic) bond motifs is 1. The van der Waals surface area contributed by atoms with E-state index in [-0.39, 0.29) is 11.9 Å². The van der Waals surface area contributed by atoms with Gasteiger partial charge in [-0.3, -0.25) is 0 Å². The first-order valence-corrected chi connectivity index (χ1v) is 7.25. The molecule has 0 unspecified atom stereocenters. The molecule has 0 amide bonds. The summed E-state index contributed by atoms with van der Waals surface area (Å²) in [5.41, 5.74) is 1.13. The van der Waals surface area contributed by atoms with E-state index < -0.39 is 5.79 Å². The molecule has 3 fully saturated rings. The Morgan fingerprint density at radius 2 is 2.11 bits per heavy atom. The third-order valence-electron chi connectivity index (χ3n) is 5.68. The lowest BCUT2D eigenvalue weighted by Crippen LogP contribution is -2.61. The molecule has 3 aliphatic heterocycles. The highest BCUT2D eigenvalue weighted by molar-refractivity contribution is 5.21. The van der Waals surface area contributed by atoms with Crippen molar-refractivity contribution >= 4 is 0 Å². The van der Waals surface area contributed by atoms with Crippen molar-refractivity contribution in [1.29, 1.82) is 0 Å². The molecule has 3 heteroatoms. The maximum atomic E-state index is 6.50. The van der Waals surface area contributed by atoms with E-state index in [1.54, 1.807) is 0 Å². The highest BCUT2D eigenvalue weighted by atomic mass is 16.8. The fraction of sp³-hybridized carbons (Fsp3) is 0.867. The first-order chi connectivity index (χ1) is 8.55. The van der Waals surface area contributed by atoms with Gasteiger partial charge in [-0.15, -0.1) is 0 Å². The quantitative estimate of drug-likeness (QED) is 0.660. The van der Waals surface area contributed by atoms with E-state index in [4.69, 9.17) is 14.2 Å². The molecule has 2 saturated heterocycles. The van der Waals surface area contributed by atoms with Crippen molar-refractivity contribution in [2.75, 3.05) is 0 Å². The molecule has 1 saturated carbocycles. The number of ether oxygens (including phenoxy) is 3. The minimum Gasteiger partial charge on any atom is -0.469 e. The van der Waals surface area contributed by atoms with Crippen LogP contribution in [0.15, 0.2) is 11.8 Å². The van der Waals surface area contributed by atoms with Gasteiger partial charge in [0.05, 0.1) is 6.26 Å². The van der Waals surface area contributed by atoms with Crippen molar-refractivity contribution in [1.82, 2.24) is 0 Å². The summed E-state index contributed by atoms with van der Waals surface area (Å²) in [6.45, 7) is 6.62. The van der Waals surface area contributed by atoms with Crippen molar-refractivity contribution in [3.8, 4) is 0 Å². The molecule has 18 heavy (non-hydrogen) atoms. The van der Waals surface area contributed by atoms with Gasteiger partial charge in [0.25, 0.3) is 0 Å². The molecule has 6 atom stereocenters. The fourth-order valence-electron chi connectivity index (χ4n) is 4.82. The average molecular weight is 250 g/mol. The van der Waals surface area contributed by atoms with E-state index in [1.165, 1.54) is 24.8 Å². The largest absolute Gasteiger partial charge is 0.469 e. The topological polar surface area (TPSA) is 27.7 Å². The lowest BCUT2D eigenvalue weighted by Gasteiger charge is -2.54. The third kappa shape index (κ3) is 1.17. The summed E-state index contributed by atoms with van der Waals surface area (Å²) in [6, 6.07) is 0. The van der Waals surface area contributed by atoms with Gasteiger partial charge in [0, 0.05) is 12.3 Å². The molecule has 0 aromatic carbocycles. The zero-order valence-corrected chi connectivity index (χ0v) is 11.4. The van der Waals surface area contributed by atoms with Crippen LogP contribution in [0.25, 0.3) is 0 Å². The predicted molar refractivity (Wildman–Crippen MR) is 66.5 cm³/mol. The van der Waals surface area contributed by atoms with Gasteiger partial charge < -0.3 is 14.2 Å². The SMILES string of the molecule is CC1=CO[C@@H]2O[C@@]3(C)CC[C@H]4[C@H](C)CC[C@@H]1[C@@]24O3. The van der Waals surface area contributed by atoms with Crippen LogP contribution in [0.1, 0.15) is 46.5 Å². The molecule has 2 bridgehead atoms. The van der Waals surface area contributed by atoms with E-state index in [2.05, 4.69) is 20.8 Å². The predicted octanol–water partition coefficient (Wildman–Crippen LogP) is 3.20. The first kappa shape index (κ1) is 11.3. The standard InChI is InChI=1S/C15H22O3/c1-9-4-5-11-10(2)8-16-13-15(11)12(9)6-7-14(3,17-13)18-15/h8-9,11-13H,4-7H2,1-3H3/t9-,11+,12+,13-,14-,15+/m1/s1. The Kier molecular flexibility index (Phi) is 2.08. The summed E-state index contributed by atoms with van der Waals surface area (Å²) in [7, 11) is 0. The highest BCUT2D eigenvalue weighted by Gasteiger charge is 2.69. The van der Waals surface area contributed by atoms with Crippen molar-refractivity contribution in [3.63, 3.8) is 0 Å². The Morgan fingerprint density at radius 1 is 1.28 bits per heavy atom. The molecule has 0 aromatic heterocycles.